The summed E-state index contributed by atoms with van der Waals surface area (Å²) in [5, 5.41) is 13.2. The van der Waals surface area contributed by atoms with Gasteiger partial charge in [0.25, 0.3) is 0 Å². The number of hydrogen-bond donors (Lipinski definition) is 2. The molecule has 0 spiro atoms. The van der Waals surface area contributed by atoms with Crippen LogP contribution in [0.2, 0.25) is 0 Å². The average molecular weight is 336 g/mol. The Morgan fingerprint density at radius 2 is 1.95 bits per heavy atom. The van der Waals surface area contributed by atoms with Crippen molar-refractivity contribution in [1.82, 2.24) is 5.32 Å². The molecule has 5 heteroatoms. The highest BCUT2D eigenvalue weighted by atomic mass is 79.9. The molecule has 0 unspecified atom stereocenters. The van der Waals surface area contributed by atoms with Crippen molar-refractivity contribution in [2.45, 2.75) is 13.1 Å². The van der Waals surface area contributed by atoms with Crippen LogP contribution in [0.4, 0.5) is 0 Å². The second kappa shape index (κ2) is 5.73. The van der Waals surface area contributed by atoms with Crippen LogP contribution >= 0.6 is 15.9 Å². The van der Waals surface area contributed by atoms with Crippen LogP contribution in [0.5, 0.6) is 17.2 Å². The van der Waals surface area contributed by atoms with Crippen molar-refractivity contribution < 1.29 is 14.6 Å². The fourth-order valence-corrected chi connectivity index (χ4v) is 2.50. The number of para-hydroxylation sites is 1. The smallest absolute Gasteiger partial charge is 0.231 e. The minimum Gasteiger partial charge on any atom is -0.506 e. The molecule has 0 atom stereocenters. The molecule has 1 aliphatic heterocycles. The molecule has 0 amide bonds. The minimum absolute atomic E-state index is 0.283. The van der Waals surface area contributed by atoms with Gasteiger partial charge in [-0.3, -0.25) is 0 Å². The van der Waals surface area contributed by atoms with Crippen molar-refractivity contribution in [2.75, 3.05) is 6.79 Å². The third-order valence-electron chi connectivity index (χ3n) is 3.15. The number of rotatable bonds is 4. The summed E-state index contributed by atoms with van der Waals surface area (Å²) in [5.74, 6) is 1.86. The summed E-state index contributed by atoms with van der Waals surface area (Å²) in [7, 11) is 0. The highest BCUT2D eigenvalue weighted by Gasteiger charge is 2.13. The molecule has 0 saturated heterocycles. The lowest BCUT2D eigenvalue weighted by molar-refractivity contribution is 0.174. The molecule has 4 nitrogen and oxygen atoms in total. The molecule has 0 bridgehead atoms. The fourth-order valence-electron chi connectivity index (χ4n) is 2.10. The van der Waals surface area contributed by atoms with Gasteiger partial charge in [-0.1, -0.05) is 18.2 Å². The summed E-state index contributed by atoms with van der Waals surface area (Å²) in [6, 6.07) is 11.5. The normalized spacial score (nSPS) is 12.7. The molecule has 0 fully saturated rings. The third kappa shape index (κ3) is 2.73. The number of aromatic hydroxyl groups is 1. The zero-order chi connectivity index (χ0) is 13.9. The molecule has 2 aromatic carbocycles. The first-order chi connectivity index (χ1) is 9.74. The maximum Gasteiger partial charge on any atom is 0.231 e. The number of benzene rings is 2. The molecular weight excluding hydrogens is 322 g/mol. The Balaban J connectivity index is 1.61. The molecule has 3 rings (SSSR count). The van der Waals surface area contributed by atoms with Gasteiger partial charge in [0.15, 0.2) is 11.5 Å². The second-order valence-corrected chi connectivity index (χ2v) is 5.39. The van der Waals surface area contributed by atoms with Crippen LogP contribution in [0.1, 0.15) is 11.1 Å². The largest absolute Gasteiger partial charge is 0.506 e. The van der Waals surface area contributed by atoms with Gasteiger partial charge in [-0.25, -0.2) is 0 Å². The van der Waals surface area contributed by atoms with Crippen LogP contribution in [0.3, 0.4) is 0 Å². The standard InChI is InChI=1S/C15H14BrNO3/c16-12-3-1-2-11(15(12)18)8-17-7-10-4-5-13-14(6-10)20-9-19-13/h1-6,17-18H,7-9H2. The van der Waals surface area contributed by atoms with E-state index in [1.165, 1.54) is 0 Å². The number of phenols is 1. The summed E-state index contributed by atoms with van der Waals surface area (Å²) in [6.45, 7) is 1.58. The van der Waals surface area contributed by atoms with Crippen molar-refractivity contribution in [3.8, 4) is 17.2 Å². The Morgan fingerprint density at radius 3 is 2.85 bits per heavy atom. The van der Waals surface area contributed by atoms with Crippen LogP contribution in [0.15, 0.2) is 40.9 Å². The molecule has 20 heavy (non-hydrogen) atoms. The highest BCUT2D eigenvalue weighted by Crippen LogP contribution is 2.32. The summed E-state index contributed by atoms with van der Waals surface area (Å²) in [4.78, 5) is 0. The van der Waals surface area contributed by atoms with E-state index in [-0.39, 0.29) is 12.5 Å². The maximum absolute atomic E-state index is 9.90. The van der Waals surface area contributed by atoms with Gasteiger partial charge in [-0.15, -0.1) is 0 Å². The molecule has 1 aliphatic rings. The Kier molecular flexibility index (Phi) is 3.80. The van der Waals surface area contributed by atoms with E-state index >= 15 is 0 Å². The van der Waals surface area contributed by atoms with Crippen molar-refractivity contribution in [2.24, 2.45) is 0 Å². The van der Waals surface area contributed by atoms with Crippen molar-refractivity contribution >= 4 is 15.9 Å². The van der Waals surface area contributed by atoms with Crippen LogP contribution in [-0.4, -0.2) is 11.9 Å². The highest BCUT2D eigenvalue weighted by molar-refractivity contribution is 9.10. The first-order valence-electron chi connectivity index (χ1n) is 6.29. The van der Waals surface area contributed by atoms with Crippen LogP contribution in [0.25, 0.3) is 0 Å². The van der Waals surface area contributed by atoms with Gasteiger partial charge in [-0.05, 0) is 39.7 Å². The summed E-state index contributed by atoms with van der Waals surface area (Å²) >= 11 is 3.31. The number of halogens is 1. The molecular formula is C15H14BrNO3. The molecule has 104 valence electrons. The predicted molar refractivity (Wildman–Crippen MR) is 78.9 cm³/mol. The van der Waals surface area contributed by atoms with Crippen molar-refractivity contribution in [3.05, 3.63) is 52.0 Å². The maximum atomic E-state index is 9.90. The third-order valence-corrected chi connectivity index (χ3v) is 3.79. The lowest BCUT2D eigenvalue weighted by atomic mass is 10.1. The van der Waals surface area contributed by atoms with Gasteiger partial charge in [0.1, 0.15) is 5.75 Å². The van der Waals surface area contributed by atoms with Crippen molar-refractivity contribution in [1.29, 1.82) is 0 Å². The van der Waals surface area contributed by atoms with Gasteiger partial charge in [0, 0.05) is 18.7 Å². The lowest BCUT2D eigenvalue weighted by Crippen LogP contribution is -2.12. The van der Waals surface area contributed by atoms with Crippen LogP contribution < -0.4 is 14.8 Å². The van der Waals surface area contributed by atoms with Gasteiger partial charge in [-0.2, -0.15) is 0 Å². The quantitative estimate of drug-likeness (QED) is 0.901. The Labute approximate surface area is 125 Å². The van der Waals surface area contributed by atoms with Gasteiger partial charge in [0.05, 0.1) is 4.47 Å². The topological polar surface area (TPSA) is 50.7 Å². The van der Waals surface area contributed by atoms with E-state index in [1.54, 1.807) is 0 Å². The summed E-state index contributed by atoms with van der Waals surface area (Å²) in [5.41, 5.74) is 1.98. The Hall–Kier alpha value is -1.72. The van der Waals surface area contributed by atoms with E-state index in [0.717, 1.165) is 22.6 Å². The van der Waals surface area contributed by atoms with Gasteiger partial charge >= 0.3 is 0 Å². The summed E-state index contributed by atoms with van der Waals surface area (Å²) in [6.07, 6.45) is 0. The molecule has 0 aliphatic carbocycles. The number of ether oxygens (including phenoxy) is 2. The predicted octanol–water partition coefficient (Wildman–Crippen LogP) is 3.17. The molecule has 2 aromatic rings. The molecule has 0 radical (unpaired) electrons. The monoisotopic (exact) mass is 335 g/mol. The molecule has 0 aromatic heterocycles. The molecule has 2 N–H and O–H groups in total. The Bertz CT molecular complexity index is 631. The minimum atomic E-state index is 0.283. The van der Waals surface area contributed by atoms with Crippen molar-refractivity contribution in [3.63, 3.8) is 0 Å². The number of fused-ring (bicyclic) bond motifs is 1. The Morgan fingerprint density at radius 1 is 1.10 bits per heavy atom. The second-order valence-electron chi connectivity index (χ2n) is 4.54. The number of phenolic OH excluding ortho intramolecular Hbond substituents is 1. The SMILES string of the molecule is Oc1c(Br)cccc1CNCc1ccc2c(c1)OCO2. The van der Waals surface area contributed by atoms with Crippen LogP contribution in [-0.2, 0) is 13.1 Å². The van der Waals surface area contributed by atoms with Gasteiger partial charge in [0.2, 0.25) is 6.79 Å². The summed E-state index contributed by atoms with van der Waals surface area (Å²) < 4.78 is 11.3. The van der Waals surface area contributed by atoms with E-state index in [0.29, 0.717) is 17.6 Å². The van der Waals surface area contributed by atoms with Gasteiger partial charge < -0.3 is 19.9 Å². The first kappa shape index (κ1) is 13.3. The van der Waals surface area contributed by atoms with E-state index in [4.69, 9.17) is 9.47 Å². The lowest BCUT2D eigenvalue weighted by Gasteiger charge is -2.08. The molecule has 1 heterocycles. The number of nitrogens with one attached hydrogen (secondary N) is 1. The van der Waals surface area contributed by atoms with E-state index < -0.39 is 0 Å². The first-order valence-corrected chi connectivity index (χ1v) is 7.09. The molecule has 0 saturated carbocycles. The van der Waals surface area contributed by atoms with E-state index in [2.05, 4.69) is 21.2 Å². The average Bonchev–Trinajstić information content (AvgIpc) is 2.91. The fraction of sp³-hybridized carbons (Fsp3) is 0.200. The van der Waals surface area contributed by atoms with E-state index in [1.807, 2.05) is 36.4 Å². The zero-order valence-corrected chi connectivity index (χ0v) is 12.3. The zero-order valence-electron chi connectivity index (χ0n) is 10.7. The van der Waals surface area contributed by atoms with E-state index in [9.17, 15) is 5.11 Å². The number of hydrogen-bond acceptors (Lipinski definition) is 4. The van der Waals surface area contributed by atoms with Crippen LogP contribution in [0, 0.1) is 0 Å².